The van der Waals surface area contributed by atoms with Crippen molar-refractivity contribution in [1.82, 2.24) is 10.2 Å². The number of carbonyl (C=O) groups excluding carboxylic acids is 1. The van der Waals surface area contributed by atoms with E-state index in [1.54, 1.807) is 24.3 Å². The number of aromatic amines is 1. The molecule has 1 aromatic carbocycles. The van der Waals surface area contributed by atoms with Crippen LogP contribution in [-0.2, 0) is 0 Å². The van der Waals surface area contributed by atoms with E-state index in [1.807, 2.05) is 0 Å². The molecule has 0 aliphatic rings. The molecule has 2 aromatic rings. The SMILES string of the molecule is COc1ccccc1NC(=O)Nc1cc(C(=O)O)[nH]n1. The molecule has 8 heteroatoms. The monoisotopic (exact) mass is 276 g/mol. The molecule has 0 aliphatic carbocycles. The molecule has 0 fully saturated rings. The van der Waals surface area contributed by atoms with Gasteiger partial charge in [0.05, 0.1) is 12.8 Å². The van der Waals surface area contributed by atoms with Crippen molar-refractivity contribution in [3.05, 3.63) is 36.0 Å². The summed E-state index contributed by atoms with van der Waals surface area (Å²) in [5.41, 5.74) is 0.374. The standard InChI is InChI=1S/C12H12N4O4/c1-20-9-5-3-2-4-7(9)13-12(19)14-10-6-8(11(17)18)15-16-10/h2-6H,1H3,(H,17,18)(H3,13,14,15,16,19). The van der Waals surface area contributed by atoms with Crippen LogP contribution < -0.4 is 15.4 Å². The molecule has 20 heavy (non-hydrogen) atoms. The number of hydrogen-bond acceptors (Lipinski definition) is 4. The number of carbonyl (C=O) groups is 2. The Kier molecular flexibility index (Phi) is 3.85. The van der Waals surface area contributed by atoms with Gasteiger partial charge in [0.2, 0.25) is 0 Å². The average molecular weight is 276 g/mol. The van der Waals surface area contributed by atoms with E-state index >= 15 is 0 Å². The summed E-state index contributed by atoms with van der Waals surface area (Å²) in [6.45, 7) is 0. The normalized spacial score (nSPS) is 9.85. The smallest absolute Gasteiger partial charge is 0.353 e. The molecule has 0 saturated carbocycles. The number of para-hydroxylation sites is 2. The van der Waals surface area contributed by atoms with E-state index in [-0.39, 0.29) is 11.5 Å². The van der Waals surface area contributed by atoms with E-state index in [2.05, 4.69) is 20.8 Å². The maximum Gasteiger partial charge on any atom is 0.353 e. The molecular weight excluding hydrogens is 264 g/mol. The number of anilines is 2. The van der Waals surface area contributed by atoms with E-state index in [0.717, 1.165) is 0 Å². The quantitative estimate of drug-likeness (QED) is 0.679. The molecule has 0 aliphatic heterocycles. The highest BCUT2D eigenvalue weighted by atomic mass is 16.5. The number of carboxylic acids is 1. The van der Waals surface area contributed by atoms with Gasteiger partial charge in [-0.1, -0.05) is 12.1 Å². The van der Waals surface area contributed by atoms with Crippen LogP contribution in [-0.4, -0.2) is 34.4 Å². The lowest BCUT2D eigenvalue weighted by Gasteiger charge is -2.09. The lowest BCUT2D eigenvalue weighted by atomic mass is 10.3. The number of nitrogens with one attached hydrogen (secondary N) is 3. The minimum Gasteiger partial charge on any atom is -0.495 e. The van der Waals surface area contributed by atoms with Crippen LogP contribution in [0.15, 0.2) is 30.3 Å². The van der Waals surface area contributed by atoms with Gasteiger partial charge in [0.15, 0.2) is 5.82 Å². The third-order valence-corrected chi connectivity index (χ3v) is 2.41. The number of ether oxygens (including phenoxy) is 1. The Balaban J connectivity index is 2.03. The Morgan fingerprint density at radius 1 is 1.30 bits per heavy atom. The van der Waals surface area contributed by atoms with Crippen molar-refractivity contribution in [3.8, 4) is 5.75 Å². The van der Waals surface area contributed by atoms with Crippen LogP contribution in [0.2, 0.25) is 0 Å². The minimum atomic E-state index is -1.16. The first-order chi connectivity index (χ1) is 9.60. The first-order valence-corrected chi connectivity index (χ1v) is 5.60. The number of H-pyrrole nitrogens is 1. The van der Waals surface area contributed by atoms with Gasteiger partial charge in [-0.25, -0.2) is 9.59 Å². The Morgan fingerprint density at radius 3 is 2.70 bits per heavy atom. The molecule has 0 unspecified atom stereocenters. The number of urea groups is 1. The number of carboxylic acid groups (broad SMARTS) is 1. The molecule has 8 nitrogen and oxygen atoms in total. The zero-order valence-electron chi connectivity index (χ0n) is 10.5. The lowest BCUT2D eigenvalue weighted by Crippen LogP contribution is -2.20. The molecule has 0 spiro atoms. The summed E-state index contributed by atoms with van der Waals surface area (Å²) in [6.07, 6.45) is 0. The molecule has 2 rings (SSSR count). The van der Waals surface area contributed by atoms with Gasteiger partial charge >= 0.3 is 12.0 Å². The van der Waals surface area contributed by atoms with Gasteiger partial charge in [-0.05, 0) is 12.1 Å². The van der Waals surface area contributed by atoms with Gasteiger partial charge < -0.3 is 15.2 Å². The number of rotatable bonds is 4. The van der Waals surface area contributed by atoms with Crippen LogP contribution >= 0.6 is 0 Å². The number of aromatic carboxylic acids is 1. The molecule has 0 atom stereocenters. The Morgan fingerprint density at radius 2 is 2.05 bits per heavy atom. The van der Waals surface area contributed by atoms with Gasteiger partial charge in [0.25, 0.3) is 0 Å². The fraction of sp³-hybridized carbons (Fsp3) is 0.0833. The topological polar surface area (TPSA) is 116 Å². The largest absolute Gasteiger partial charge is 0.495 e. The Labute approximate surface area is 113 Å². The number of amides is 2. The predicted octanol–water partition coefficient (Wildman–Crippen LogP) is 1.76. The number of aromatic nitrogens is 2. The van der Waals surface area contributed by atoms with Crippen LogP contribution in [0.5, 0.6) is 5.75 Å². The second kappa shape index (κ2) is 5.74. The highest BCUT2D eigenvalue weighted by Crippen LogP contribution is 2.23. The number of methoxy groups -OCH3 is 1. The van der Waals surface area contributed by atoms with Crippen molar-refractivity contribution in [1.29, 1.82) is 0 Å². The second-order valence-electron chi connectivity index (χ2n) is 3.75. The first-order valence-electron chi connectivity index (χ1n) is 5.60. The van der Waals surface area contributed by atoms with E-state index in [9.17, 15) is 9.59 Å². The molecular formula is C12H12N4O4. The van der Waals surface area contributed by atoms with Gasteiger partial charge in [0.1, 0.15) is 11.4 Å². The average Bonchev–Trinajstić information content (AvgIpc) is 2.88. The summed E-state index contributed by atoms with van der Waals surface area (Å²) < 4.78 is 5.09. The van der Waals surface area contributed by atoms with Crippen molar-refractivity contribution in [2.45, 2.75) is 0 Å². The molecule has 0 saturated heterocycles. The molecule has 1 heterocycles. The molecule has 1 aromatic heterocycles. The summed E-state index contributed by atoms with van der Waals surface area (Å²) in [5, 5.41) is 19.6. The van der Waals surface area contributed by atoms with Crippen molar-refractivity contribution in [2.75, 3.05) is 17.7 Å². The number of hydrogen-bond donors (Lipinski definition) is 4. The molecule has 2 amide bonds. The summed E-state index contributed by atoms with van der Waals surface area (Å²) >= 11 is 0. The Hall–Kier alpha value is -3.03. The summed E-state index contributed by atoms with van der Waals surface area (Å²) in [4.78, 5) is 22.4. The van der Waals surface area contributed by atoms with Crippen LogP contribution in [0, 0.1) is 0 Å². The molecule has 0 radical (unpaired) electrons. The highest BCUT2D eigenvalue weighted by Gasteiger charge is 2.11. The summed E-state index contributed by atoms with van der Waals surface area (Å²) in [7, 11) is 1.49. The number of nitrogens with zero attached hydrogens (tertiary/aromatic N) is 1. The van der Waals surface area contributed by atoms with Gasteiger partial charge in [-0.2, -0.15) is 5.10 Å². The van der Waals surface area contributed by atoms with Crippen LogP contribution in [0.1, 0.15) is 10.5 Å². The molecule has 4 N–H and O–H groups in total. The van der Waals surface area contributed by atoms with E-state index in [4.69, 9.17) is 9.84 Å². The highest BCUT2D eigenvalue weighted by molar-refractivity contribution is 6.00. The summed E-state index contributed by atoms with van der Waals surface area (Å²) in [6, 6.07) is 7.55. The lowest BCUT2D eigenvalue weighted by molar-refractivity contribution is 0.0690. The van der Waals surface area contributed by atoms with E-state index in [0.29, 0.717) is 11.4 Å². The van der Waals surface area contributed by atoms with E-state index < -0.39 is 12.0 Å². The maximum atomic E-state index is 11.8. The minimum absolute atomic E-state index is 0.106. The zero-order chi connectivity index (χ0) is 14.5. The van der Waals surface area contributed by atoms with Crippen molar-refractivity contribution < 1.29 is 19.4 Å². The van der Waals surface area contributed by atoms with Crippen LogP contribution in [0.25, 0.3) is 0 Å². The molecule has 104 valence electrons. The molecule has 0 bridgehead atoms. The van der Waals surface area contributed by atoms with Gasteiger partial charge in [-0.3, -0.25) is 10.4 Å². The van der Waals surface area contributed by atoms with Crippen molar-refractivity contribution in [3.63, 3.8) is 0 Å². The van der Waals surface area contributed by atoms with Crippen molar-refractivity contribution in [2.24, 2.45) is 0 Å². The fourth-order valence-electron chi connectivity index (χ4n) is 1.51. The maximum absolute atomic E-state index is 11.8. The number of benzene rings is 1. The first kappa shape index (κ1) is 13.4. The van der Waals surface area contributed by atoms with Crippen LogP contribution in [0.3, 0.4) is 0 Å². The third-order valence-electron chi connectivity index (χ3n) is 2.41. The van der Waals surface area contributed by atoms with E-state index in [1.165, 1.54) is 13.2 Å². The fourth-order valence-corrected chi connectivity index (χ4v) is 1.51. The third kappa shape index (κ3) is 3.05. The van der Waals surface area contributed by atoms with Gasteiger partial charge in [0, 0.05) is 6.07 Å². The second-order valence-corrected chi connectivity index (χ2v) is 3.75. The van der Waals surface area contributed by atoms with Crippen molar-refractivity contribution >= 4 is 23.5 Å². The Bertz CT molecular complexity index is 638. The summed E-state index contributed by atoms with van der Waals surface area (Å²) in [5.74, 6) is -0.540. The van der Waals surface area contributed by atoms with Gasteiger partial charge in [-0.15, -0.1) is 0 Å². The predicted molar refractivity (Wildman–Crippen MR) is 71.2 cm³/mol. The zero-order valence-corrected chi connectivity index (χ0v) is 10.5. The van der Waals surface area contributed by atoms with Crippen LogP contribution in [0.4, 0.5) is 16.3 Å².